The Morgan fingerprint density at radius 2 is 1.89 bits per heavy atom. The number of carbonyl (C=O) groups is 2. The number of amides is 1. The van der Waals surface area contributed by atoms with Gasteiger partial charge in [-0.25, -0.2) is 9.79 Å². The van der Waals surface area contributed by atoms with Gasteiger partial charge in [0.1, 0.15) is 10.3 Å². The lowest BCUT2D eigenvalue weighted by molar-refractivity contribution is -0.139. The van der Waals surface area contributed by atoms with Crippen molar-refractivity contribution in [1.29, 1.82) is 0 Å². The Bertz CT molecular complexity index is 1650. The van der Waals surface area contributed by atoms with Crippen molar-refractivity contribution in [3.8, 4) is 5.75 Å². The summed E-state index contributed by atoms with van der Waals surface area (Å²) in [7, 11) is 1.56. The molecule has 0 aliphatic carbocycles. The normalized spacial score (nSPS) is 17.7. The van der Waals surface area contributed by atoms with Gasteiger partial charge in [-0.1, -0.05) is 55.0 Å². The van der Waals surface area contributed by atoms with Crippen molar-refractivity contribution in [2.75, 3.05) is 25.2 Å². The second kappa shape index (κ2) is 10.4. The number of anilines is 1. The summed E-state index contributed by atoms with van der Waals surface area (Å²) in [5.74, 6) is -0.131. The zero-order valence-electron chi connectivity index (χ0n) is 21.8. The molecule has 0 saturated carbocycles. The number of thiazole rings is 1. The van der Waals surface area contributed by atoms with Crippen LogP contribution in [0.2, 0.25) is 0 Å². The number of nitrogens with zero attached hydrogens (tertiary/aromatic N) is 3. The summed E-state index contributed by atoms with van der Waals surface area (Å²) in [6.45, 7) is 6.31. The first-order valence-corrected chi connectivity index (χ1v) is 13.5. The molecule has 9 heteroatoms. The first kappa shape index (κ1) is 25.7. The molecule has 2 aromatic carbocycles. The van der Waals surface area contributed by atoms with E-state index in [9.17, 15) is 14.4 Å². The van der Waals surface area contributed by atoms with Crippen LogP contribution in [0.5, 0.6) is 5.75 Å². The number of carbonyl (C=O) groups excluding carboxylic acids is 2. The summed E-state index contributed by atoms with van der Waals surface area (Å²) in [6.07, 6.45) is 1.80. The second-order valence-electron chi connectivity index (χ2n) is 9.10. The molecular formula is C29H29N3O5S. The number of fused-ring (bicyclic) bond motifs is 2. The van der Waals surface area contributed by atoms with Crippen LogP contribution in [-0.2, 0) is 14.3 Å². The molecule has 0 spiro atoms. The molecule has 3 aromatic rings. The highest BCUT2D eigenvalue weighted by Gasteiger charge is 2.37. The minimum Gasteiger partial charge on any atom is -0.497 e. The lowest BCUT2D eigenvalue weighted by atomic mass is 9.95. The monoisotopic (exact) mass is 531 g/mol. The molecule has 196 valence electrons. The smallest absolute Gasteiger partial charge is 0.338 e. The van der Waals surface area contributed by atoms with E-state index in [1.165, 1.54) is 15.9 Å². The minimum absolute atomic E-state index is 0.188. The summed E-state index contributed by atoms with van der Waals surface area (Å²) >= 11 is 1.17. The van der Waals surface area contributed by atoms with Crippen LogP contribution in [0.1, 0.15) is 50.8 Å². The molecule has 1 amide bonds. The predicted molar refractivity (Wildman–Crippen MR) is 146 cm³/mol. The number of ether oxygens (including phenoxy) is 2. The molecule has 0 radical (unpaired) electrons. The van der Waals surface area contributed by atoms with Crippen molar-refractivity contribution in [2.45, 2.75) is 39.7 Å². The highest BCUT2D eigenvalue weighted by atomic mass is 32.1. The van der Waals surface area contributed by atoms with Gasteiger partial charge in [-0.2, -0.15) is 0 Å². The molecule has 0 bridgehead atoms. The number of hydrogen-bond donors (Lipinski definition) is 0. The van der Waals surface area contributed by atoms with E-state index in [4.69, 9.17) is 9.47 Å². The average Bonchev–Trinajstić information content (AvgIpc) is 3.38. The number of allylic oxidation sites excluding steroid dienone is 1. The third-order valence-electron chi connectivity index (χ3n) is 6.79. The van der Waals surface area contributed by atoms with Gasteiger partial charge in [0.2, 0.25) is 0 Å². The third-order valence-corrected chi connectivity index (χ3v) is 7.84. The topological polar surface area (TPSA) is 90.2 Å². The Morgan fingerprint density at radius 3 is 2.63 bits per heavy atom. The van der Waals surface area contributed by atoms with Crippen LogP contribution in [0.4, 0.5) is 5.69 Å². The van der Waals surface area contributed by atoms with Crippen LogP contribution in [0.3, 0.4) is 0 Å². The van der Waals surface area contributed by atoms with Crippen LogP contribution in [0.25, 0.3) is 5.57 Å². The molecule has 5 rings (SSSR count). The predicted octanol–water partition coefficient (Wildman–Crippen LogP) is 3.32. The molecule has 0 N–H and O–H groups in total. The number of para-hydroxylation sites is 1. The number of unbranched alkanes of at least 4 members (excludes halogenated alkanes) is 1. The third kappa shape index (κ3) is 4.16. The summed E-state index contributed by atoms with van der Waals surface area (Å²) < 4.78 is 12.6. The van der Waals surface area contributed by atoms with Gasteiger partial charge in [-0.3, -0.25) is 14.2 Å². The number of rotatable bonds is 7. The summed E-state index contributed by atoms with van der Waals surface area (Å²) in [4.78, 5) is 47.8. The van der Waals surface area contributed by atoms with Crippen molar-refractivity contribution in [2.24, 2.45) is 4.99 Å². The lowest BCUT2D eigenvalue weighted by Gasteiger charge is -2.25. The van der Waals surface area contributed by atoms with Crippen LogP contribution in [-0.4, -0.2) is 36.7 Å². The Kier molecular flexibility index (Phi) is 7.03. The summed E-state index contributed by atoms with van der Waals surface area (Å²) in [5, 5.41) is 0. The maximum absolute atomic E-state index is 14.2. The molecule has 8 nitrogen and oxygen atoms in total. The Labute approximate surface area is 224 Å². The van der Waals surface area contributed by atoms with Gasteiger partial charge in [-0.15, -0.1) is 0 Å². The molecule has 0 unspecified atom stereocenters. The molecule has 3 heterocycles. The Balaban J connectivity index is 1.79. The fourth-order valence-corrected chi connectivity index (χ4v) is 6.14. The van der Waals surface area contributed by atoms with E-state index >= 15 is 0 Å². The van der Waals surface area contributed by atoms with Gasteiger partial charge in [0.25, 0.3) is 11.5 Å². The van der Waals surface area contributed by atoms with Crippen LogP contribution < -0.4 is 24.5 Å². The molecule has 2 aliphatic heterocycles. The van der Waals surface area contributed by atoms with Gasteiger partial charge in [0.15, 0.2) is 4.80 Å². The highest BCUT2D eigenvalue weighted by molar-refractivity contribution is 7.07. The maximum atomic E-state index is 14.2. The van der Waals surface area contributed by atoms with Crippen LogP contribution in [0.15, 0.2) is 69.6 Å². The van der Waals surface area contributed by atoms with Gasteiger partial charge >= 0.3 is 5.97 Å². The van der Waals surface area contributed by atoms with Gasteiger partial charge in [-0.05, 0) is 44.0 Å². The highest BCUT2D eigenvalue weighted by Crippen LogP contribution is 2.36. The average molecular weight is 532 g/mol. The van der Waals surface area contributed by atoms with E-state index in [0.717, 1.165) is 24.1 Å². The molecule has 0 saturated heterocycles. The largest absolute Gasteiger partial charge is 0.497 e. The van der Waals surface area contributed by atoms with Crippen molar-refractivity contribution in [3.05, 3.63) is 90.6 Å². The van der Waals surface area contributed by atoms with Crippen LogP contribution in [0, 0.1) is 0 Å². The molecule has 38 heavy (non-hydrogen) atoms. The SMILES string of the molecule is CCCCN1C(=O)/C(=c2/sc3n(c2=O)[C@H](c2cccc(OC)c2)C(C(=O)OCC)=C(C)N=3)c2ccccc21. The first-order chi connectivity index (χ1) is 18.4. The zero-order valence-corrected chi connectivity index (χ0v) is 22.6. The molecule has 0 fully saturated rings. The van der Waals surface area contributed by atoms with E-state index in [1.54, 1.807) is 38.0 Å². The Hall–Kier alpha value is -3.98. The van der Waals surface area contributed by atoms with E-state index in [0.29, 0.717) is 38.5 Å². The fourth-order valence-electron chi connectivity index (χ4n) is 5.01. The number of hydrogen-bond acceptors (Lipinski definition) is 7. The van der Waals surface area contributed by atoms with Crippen molar-refractivity contribution in [3.63, 3.8) is 0 Å². The number of methoxy groups -OCH3 is 1. The zero-order chi connectivity index (χ0) is 27.0. The van der Waals surface area contributed by atoms with E-state index < -0.39 is 12.0 Å². The number of esters is 1. The van der Waals surface area contributed by atoms with Gasteiger partial charge < -0.3 is 14.4 Å². The number of benzene rings is 2. The van der Waals surface area contributed by atoms with E-state index in [-0.39, 0.29) is 23.6 Å². The van der Waals surface area contributed by atoms with Gasteiger partial charge in [0, 0.05) is 12.1 Å². The molecule has 1 aromatic heterocycles. The van der Waals surface area contributed by atoms with Gasteiger partial charge in [0.05, 0.1) is 42.3 Å². The molecular weight excluding hydrogens is 502 g/mol. The lowest BCUT2D eigenvalue weighted by Crippen LogP contribution is -2.41. The van der Waals surface area contributed by atoms with E-state index in [2.05, 4.69) is 11.9 Å². The van der Waals surface area contributed by atoms with Crippen molar-refractivity contribution in [1.82, 2.24) is 4.57 Å². The maximum Gasteiger partial charge on any atom is 0.338 e. The summed E-state index contributed by atoms with van der Waals surface area (Å²) in [6, 6.07) is 14.0. The second-order valence-corrected chi connectivity index (χ2v) is 10.1. The molecule has 1 atom stereocenters. The van der Waals surface area contributed by atoms with Crippen LogP contribution >= 0.6 is 11.3 Å². The summed E-state index contributed by atoms with van der Waals surface area (Å²) in [5.41, 5.74) is 2.98. The minimum atomic E-state index is -0.780. The first-order valence-electron chi connectivity index (χ1n) is 12.7. The quantitative estimate of drug-likeness (QED) is 0.437. The van der Waals surface area contributed by atoms with Crippen molar-refractivity contribution < 1.29 is 19.1 Å². The Morgan fingerprint density at radius 1 is 1.11 bits per heavy atom. The number of aromatic nitrogens is 1. The van der Waals surface area contributed by atoms with E-state index in [1.807, 2.05) is 36.4 Å². The standard InChI is InChI=1S/C29H29N3O5S/c1-5-7-15-31-21-14-9-8-13-20(21)23(26(31)33)25-27(34)32-24(18-11-10-12-19(16-18)36-4)22(28(35)37-6-2)17(3)30-29(32)38-25/h8-14,16,24H,5-7,15H2,1-4H3/b25-23+/t24-/m1/s1. The van der Waals surface area contributed by atoms with Crippen molar-refractivity contribution >= 4 is 34.5 Å². The molecule has 2 aliphatic rings. The fraction of sp³-hybridized carbons (Fsp3) is 0.310.